The number of rotatable bonds is 5. The second kappa shape index (κ2) is 5.61. The lowest BCUT2D eigenvalue weighted by Crippen LogP contribution is -2.16. The molecule has 5 heteroatoms. The first-order valence-electron chi connectivity index (χ1n) is 6.97. The van der Waals surface area contributed by atoms with E-state index in [-0.39, 0.29) is 0 Å². The molecule has 0 fully saturated rings. The van der Waals surface area contributed by atoms with Crippen molar-refractivity contribution in [1.29, 1.82) is 0 Å². The average Bonchev–Trinajstić information content (AvgIpc) is 2.79. The molecule has 2 aromatic heterocycles. The molecular formula is C15H21N3O2. The molecule has 0 spiro atoms. The van der Waals surface area contributed by atoms with Crippen LogP contribution in [0.3, 0.4) is 0 Å². The highest BCUT2D eigenvalue weighted by Crippen LogP contribution is 2.27. The summed E-state index contributed by atoms with van der Waals surface area (Å²) in [5.74, 6) is -0.816. The van der Waals surface area contributed by atoms with Crippen molar-refractivity contribution < 1.29 is 9.90 Å². The van der Waals surface area contributed by atoms with Gasteiger partial charge in [0.1, 0.15) is 5.92 Å². The molecule has 0 radical (unpaired) electrons. The highest BCUT2D eigenvalue weighted by Gasteiger charge is 2.25. The molecule has 2 heterocycles. The van der Waals surface area contributed by atoms with Gasteiger partial charge < -0.3 is 5.11 Å². The van der Waals surface area contributed by atoms with E-state index in [1.807, 2.05) is 19.9 Å². The Kier molecular flexibility index (Phi) is 4.06. The van der Waals surface area contributed by atoms with Crippen molar-refractivity contribution in [3.05, 3.63) is 29.8 Å². The normalized spacial score (nSPS) is 13.3. The molecule has 2 rings (SSSR count). The minimum absolute atomic E-state index is 0.297. The number of hydrogen-bond acceptors (Lipinski definition) is 3. The molecule has 1 atom stereocenters. The van der Waals surface area contributed by atoms with E-state index in [0.29, 0.717) is 24.0 Å². The van der Waals surface area contributed by atoms with Gasteiger partial charge in [0.15, 0.2) is 0 Å². The van der Waals surface area contributed by atoms with Crippen molar-refractivity contribution in [3.63, 3.8) is 0 Å². The first-order valence-corrected chi connectivity index (χ1v) is 6.97. The number of aliphatic carboxylic acids is 1. The van der Waals surface area contributed by atoms with E-state index < -0.39 is 11.9 Å². The molecule has 0 aromatic carbocycles. The number of nitrogens with zero attached hydrogens (tertiary/aromatic N) is 3. The van der Waals surface area contributed by atoms with Crippen molar-refractivity contribution in [2.45, 2.75) is 46.0 Å². The Hall–Kier alpha value is -1.91. The van der Waals surface area contributed by atoms with Crippen LogP contribution in [0.15, 0.2) is 18.5 Å². The minimum atomic E-state index is -0.827. The standard InChI is InChI=1S/C15H21N3O2/c1-9(2)7-11(15(19)20)14-13-8-12(10(3)4)17-18(13)6-5-16-14/h5-6,8-11H,7H2,1-4H3,(H,19,20). The molecule has 0 amide bonds. The van der Waals surface area contributed by atoms with Crippen LogP contribution in [0, 0.1) is 5.92 Å². The molecule has 0 saturated heterocycles. The third kappa shape index (κ3) is 2.81. The van der Waals surface area contributed by atoms with Crippen LogP contribution in [-0.2, 0) is 4.79 Å². The average molecular weight is 275 g/mol. The molecule has 0 saturated carbocycles. The first kappa shape index (κ1) is 14.5. The summed E-state index contributed by atoms with van der Waals surface area (Å²) in [5.41, 5.74) is 2.35. The minimum Gasteiger partial charge on any atom is -0.481 e. The summed E-state index contributed by atoms with van der Waals surface area (Å²) in [7, 11) is 0. The zero-order chi connectivity index (χ0) is 14.9. The molecule has 5 nitrogen and oxygen atoms in total. The fourth-order valence-corrected chi connectivity index (χ4v) is 2.31. The van der Waals surface area contributed by atoms with Gasteiger partial charge in [-0.3, -0.25) is 9.78 Å². The Morgan fingerprint density at radius 2 is 2.05 bits per heavy atom. The monoisotopic (exact) mass is 275 g/mol. The Morgan fingerprint density at radius 1 is 1.35 bits per heavy atom. The van der Waals surface area contributed by atoms with Gasteiger partial charge in [-0.2, -0.15) is 5.10 Å². The van der Waals surface area contributed by atoms with Crippen LogP contribution in [0.2, 0.25) is 0 Å². The van der Waals surface area contributed by atoms with Gasteiger partial charge in [0.05, 0.1) is 16.9 Å². The van der Waals surface area contributed by atoms with E-state index in [0.717, 1.165) is 11.2 Å². The van der Waals surface area contributed by atoms with Gasteiger partial charge in [0, 0.05) is 12.4 Å². The van der Waals surface area contributed by atoms with E-state index in [9.17, 15) is 9.90 Å². The van der Waals surface area contributed by atoms with E-state index in [1.165, 1.54) is 0 Å². The third-order valence-corrected chi connectivity index (χ3v) is 3.37. The van der Waals surface area contributed by atoms with Crippen LogP contribution in [0.25, 0.3) is 5.52 Å². The van der Waals surface area contributed by atoms with Crippen LogP contribution >= 0.6 is 0 Å². The maximum atomic E-state index is 11.6. The highest BCUT2D eigenvalue weighted by atomic mass is 16.4. The number of fused-ring (bicyclic) bond motifs is 1. The van der Waals surface area contributed by atoms with Gasteiger partial charge in [0.2, 0.25) is 0 Å². The first-order chi connectivity index (χ1) is 9.40. The lowest BCUT2D eigenvalue weighted by molar-refractivity contribution is -0.139. The Labute approximate surface area is 118 Å². The van der Waals surface area contributed by atoms with Crippen LogP contribution < -0.4 is 0 Å². The second-order valence-corrected chi connectivity index (χ2v) is 5.89. The molecule has 0 aliphatic carbocycles. The number of hydrogen-bond donors (Lipinski definition) is 1. The SMILES string of the molecule is CC(C)CC(C(=O)O)c1nccn2nc(C(C)C)cc12. The van der Waals surface area contributed by atoms with Crippen LogP contribution in [0.4, 0.5) is 0 Å². The summed E-state index contributed by atoms with van der Waals surface area (Å²) in [6.45, 7) is 8.17. The van der Waals surface area contributed by atoms with Crippen molar-refractivity contribution >= 4 is 11.5 Å². The number of carbonyl (C=O) groups is 1. The van der Waals surface area contributed by atoms with Crippen molar-refractivity contribution in [2.75, 3.05) is 0 Å². The molecule has 1 N–H and O–H groups in total. The lowest BCUT2D eigenvalue weighted by atomic mass is 9.93. The summed E-state index contributed by atoms with van der Waals surface area (Å²) in [6, 6.07) is 1.95. The molecule has 1 unspecified atom stereocenters. The Balaban J connectivity index is 2.54. The van der Waals surface area contributed by atoms with Crippen LogP contribution in [0.1, 0.15) is 57.3 Å². The fourth-order valence-electron chi connectivity index (χ4n) is 2.31. The summed E-state index contributed by atoms with van der Waals surface area (Å²) in [4.78, 5) is 15.9. The van der Waals surface area contributed by atoms with E-state index in [1.54, 1.807) is 16.9 Å². The predicted octanol–water partition coefficient (Wildman–Crippen LogP) is 3.07. The van der Waals surface area contributed by atoms with Gasteiger partial charge in [-0.05, 0) is 24.3 Å². The third-order valence-electron chi connectivity index (χ3n) is 3.37. The predicted molar refractivity (Wildman–Crippen MR) is 76.9 cm³/mol. The molecule has 108 valence electrons. The van der Waals surface area contributed by atoms with Gasteiger partial charge >= 0.3 is 5.97 Å². The Morgan fingerprint density at radius 3 is 2.60 bits per heavy atom. The number of aromatic nitrogens is 3. The maximum absolute atomic E-state index is 11.6. The van der Waals surface area contributed by atoms with Gasteiger partial charge in [0.25, 0.3) is 0 Å². The maximum Gasteiger partial charge on any atom is 0.312 e. The highest BCUT2D eigenvalue weighted by molar-refractivity contribution is 5.78. The number of carboxylic acid groups (broad SMARTS) is 1. The summed E-state index contributed by atoms with van der Waals surface area (Å²) in [5, 5.41) is 14.0. The Bertz CT molecular complexity index is 617. The van der Waals surface area contributed by atoms with Crippen LogP contribution in [-0.4, -0.2) is 25.7 Å². The van der Waals surface area contributed by atoms with Gasteiger partial charge in [-0.25, -0.2) is 4.52 Å². The zero-order valence-electron chi connectivity index (χ0n) is 12.4. The molecule has 2 aromatic rings. The van der Waals surface area contributed by atoms with Crippen molar-refractivity contribution in [3.8, 4) is 0 Å². The number of carboxylic acids is 1. The van der Waals surface area contributed by atoms with Gasteiger partial charge in [-0.1, -0.05) is 27.7 Å². The molecule has 20 heavy (non-hydrogen) atoms. The van der Waals surface area contributed by atoms with Crippen molar-refractivity contribution in [2.24, 2.45) is 5.92 Å². The van der Waals surface area contributed by atoms with E-state index in [4.69, 9.17) is 0 Å². The summed E-state index contributed by atoms with van der Waals surface area (Å²) in [6.07, 6.45) is 3.96. The van der Waals surface area contributed by atoms with E-state index >= 15 is 0 Å². The van der Waals surface area contributed by atoms with Crippen molar-refractivity contribution in [1.82, 2.24) is 14.6 Å². The molecule has 0 bridgehead atoms. The molecular weight excluding hydrogens is 254 g/mol. The van der Waals surface area contributed by atoms with Gasteiger partial charge in [-0.15, -0.1) is 0 Å². The quantitative estimate of drug-likeness (QED) is 0.910. The topological polar surface area (TPSA) is 67.5 Å². The molecule has 0 aliphatic heterocycles. The summed E-state index contributed by atoms with van der Waals surface area (Å²) >= 11 is 0. The van der Waals surface area contributed by atoms with E-state index in [2.05, 4.69) is 23.9 Å². The zero-order valence-corrected chi connectivity index (χ0v) is 12.4. The van der Waals surface area contributed by atoms with Crippen LogP contribution in [0.5, 0.6) is 0 Å². The smallest absolute Gasteiger partial charge is 0.312 e. The second-order valence-electron chi connectivity index (χ2n) is 5.89. The fraction of sp³-hybridized carbons (Fsp3) is 0.533. The summed E-state index contributed by atoms with van der Waals surface area (Å²) < 4.78 is 1.73. The largest absolute Gasteiger partial charge is 0.481 e. The molecule has 0 aliphatic rings. The lowest BCUT2D eigenvalue weighted by Gasteiger charge is -2.14.